The summed E-state index contributed by atoms with van der Waals surface area (Å²) in [5, 5.41) is 3.96. The highest BCUT2D eigenvalue weighted by Gasteiger charge is 2.17. The normalized spacial score (nSPS) is 20.1. The van der Waals surface area contributed by atoms with E-state index < -0.39 is 0 Å². The van der Waals surface area contributed by atoms with Crippen molar-refractivity contribution in [2.75, 3.05) is 5.33 Å². The van der Waals surface area contributed by atoms with Gasteiger partial charge in [0.25, 0.3) is 0 Å². The van der Waals surface area contributed by atoms with Gasteiger partial charge in [0, 0.05) is 17.8 Å². The molecule has 0 spiro atoms. The minimum absolute atomic E-state index is 0.248. The van der Waals surface area contributed by atoms with E-state index in [1.54, 1.807) is 0 Å². The lowest BCUT2D eigenvalue weighted by atomic mass is 9.96. The highest BCUT2D eigenvalue weighted by molar-refractivity contribution is 9.09. The number of hydrogen-bond acceptors (Lipinski definition) is 1. The number of halogens is 1. The van der Waals surface area contributed by atoms with Crippen molar-refractivity contribution in [2.45, 2.75) is 64.3 Å². The van der Waals surface area contributed by atoms with Gasteiger partial charge in [0.2, 0.25) is 5.91 Å². The first-order valence-corrected chi connectivity index (χ1v) is 7.73. The third-order valence-electron chi connectivity index (χ3n) is 3.49. The molecule has 1 N–H and O–H groups in total. The Balaban J connectivity index is 2.26. The molecule has 0 heterocycles. The van der Waals surface area contributed by atoms with Crippen LogP contribution in [0.15, 0.2) is 0 Å². The Morgan fingerprint density at radius 2 is 1.94 bits per heavy atom. The minimum atomic E-state index is 0.248. The van der Waals surface area contributed by atoms with Crippen molar-refractivity contribution in [1.82, 2.24) is 5.32 Å². The summed E-state index contributed by atoms with van der Waals surface area (Å²) in [5.41, 5.74) is 0. The zero-order valence-corrected chi connectivity index (χ0v) is 11.9. The molecular formula is C13H24BrNO. The lowest BCUT2D eigenvalue weighted by Gasteiger charge is -2.17. The van der Waals surface area contributed by atoms with E-state index in [0.29, 0.717) is 12.0 Å². The number of hydrogen-bond donors (Lipinski definition) is 1. The van der Waals surface area contributed by atoms with E-state index in [0.717, 1.165) is 18.2 Å². The average Bonchev–Trinajstić information content (AvgIpc) is 2.54. The molecule has 0 aromatic carbocycles. The summed E-state index contributed by atoms with van der Waals surface area (Å²) in [7, 11) is 0. The van der Waals surface area contributed by atoms with Crippen LogP contribution in [0.3, 0.4) is 0 Å². The Labute approximate surface area is 108 Å². The Kier molecular flexibility index (Phi) is 7.10. The second-order valence-electron chi connectivity index (χ2n) is 4.89. The van der Waals surface area contributed by atoms with E-state index in [-0.39, 0.29) is 5.91 Å². The van der Waals surface area contributed by atoms with Gasteiger partial charge in [-0.3, -0.25) is 4.79 Å². The van der Waals surface area contributed by atoms with E-state index in [1.165, 1.54) is 38.5 Å². The molecule has 0 aromatic rings. The van der Waals surface area contributed by atoms with Crippen LogP contribution in [-0.4, -0.2) is 17.3 Å². The van der Waals surface area contributed by atoms with Gasteiger partial charge in [-0.15, -0.1) is 0 Å². The van der Waals surface area contributed by atoms with Crippen molar-refractivity contribution in [1.29, 1.82) is 0 Å². The van der Waals surface area contributed by atoms with E-state index in [9.17, 15) is 4.79 Å². The maximum absolute atomic E-state index is 11.8. The molecule has 3 heteroatoms. The highest BCUT2D eigenvalue weighted by atomic mass is 79.9. The third-order valence-corrected chi connectivity index (χ3v) is 4.27. The number of rotatable bonds is 5. The van der Waals surface area contributed by atoms with Gasteiger partial charge in [-0.25, -0.2) is 0 Å². The molecule has 1 amide bonds. The molecule has 16 heavy (non-hydrogen) atoms. The van der Waals surface area contributed by atoms with Crippen molar-refractivity contribution in [3.63, 3.8) is 0 Å². The SMILES string of the molecule is CCC(CBr)NC(=O)CC1CCCCCC1. The number of alkyl halides is 1. The first-order chi connectivity index (χ1) is 7.76. The first kappa shape index (κ1) is 14.0. The van der Waals surface area contributed by atoms with Crippen LogP contribution in [0, 0.1) is 5.92 Å². The molecule has 0 aliphatic heterocycles. The van der Waals surface area contributed by atoms with E-state index in [1.807, 2.05) is 0 Å². The second kappa shape index (κ2) is 8.10. The fourth-order valence-corrected chi connectivity index (χ4v) is 2.99. The van der Waals surface area contributed by atoms with Gasteiger partial charge in [-0.05, 0) is 25.2 Å². The second-order valence-corrected chi connectivity index (χ2v) is 5.54. The van der Waals surface area contributed by atoms with Crippen molar-refractivity contribution in [3.8, 4) is 0 Å². The van der Waals surface area contributed by atoms with E-state index in [2.05, 4.69) is 28.2 Å². The van der Waals surface area contributed by atoms with Crippen LogP contribution >= 0.6 is 15.9 Å². The number of amides is 1. The zero-order valence-electron chi connectivity index (χ0n) is 10.3. The lowest BCUT2D eigenvalue weighted by molar-refractivity contribution is -0.122. The van der Waals surface area contributed by atoms with Crippen LogP contribution < -0.4 is 5.32 Å². The molecule has 0 radical (unpaired) electrons. The van der Waals surface area contributed by atoms with Crippen molar-refractivity contribution >= 4 is 21.8 Å². The van der Waals surface area contributed by atoms with Gasteiger partial charge in [0.15, 0.2) is 0 Å². The molecule has 94 valence electrons. The fourth-order valence-electron chi connectivity index (χ4n) is 2.37. The maximum atomic E-state index is 11.8. The van der Waals surface area contributed by atoms with Crippen molar-refractivity contribution in [3.05, 3.63) is 0 Å². The summed E-state index contributed by atoms with van der Waals surface area (Å²) in [4.78, 5) is 11.8. The number of carbonyl (C=O) groups excluding carboxylic acids is 1. The van der Waals surface area contributed by atoms with Crippen LogP contribution in [0.1, 0.15) is 58.3 Å². The smallest absolute Gasteiger partial charge is 0.220 e. The lowest BCUT2D eigenvalue weighted by Crippen LogP contribution is -2.36. The summed E-state index contributed by atoms with van der Waals surface area (Å²) >= 11 is 3.43. The van der Waals surface area contributed by atoms with Crippen molar-refractivity contribution in [2.24, 2.45) is 5.92 Å². The Hall–Kier alpha value is -0.0500. The summed E-state index contributed by atoms with van der Waals surface area (Å²) in [6, 6.07) is 0.304. The molecule has 1 fully saturated rings. The van der Waals surface area contributed by atoms with Gasteiger partial charge >= 0.3 is 0 Å². The fraction of sp³-hybridized carbons (Fsp3) is 0.923. The summed E-state index contributed by atoms with van der Waals surface area (Å²) in [5.74, 6) is 0.883. The van der Waals surface area contributed by atoms with Crippen LogP contribution in [-0.2, 0) is 4.79 Å². The van der Waals surface area contributed by atoms with Gasteiger partial charge in [0.1, 0.15) is 0 Å². The van der Waals surface area contributed by atoms with Crippen LogP contribution in [0.5, 0.6) is 0 Å². The van der Waals surface area contributed by atoms with Gasteiger partial charge in [0.05, 0.1) is 0 Å². The first-order valence-electron chi connectivity index (χ1n) is 6.61. The third kappa shape index (κ3) is 5.33. The quantitative estimate of drug-likeness (QED) is 0.608. The minimum Gasteiger partial charge on any atom is -0.353 e. The van der Waals surface area contributed by atoms with Crippen LogP contribution in [0.4, 0.5) is 0 Å². The Bertz CT molecular complexity index is 196. The molecule has 1 aliphatic rings. The summed E-state index contributed by atoms with van der Waals surface area (Å²) in [6.07, 6.45) is 9.58. The number of carbonyl (C=O) groups is 1. The number of nitrogens with one attached hydrogen (secondary N) is 1. The Morgan fingerprint density at radius 1 is 1.31 bits per heavy atom. The summed E-state index contributed by atoms with van der Waals surface area (Å²) in [6.45, 7) is 2.11. The van der Waals surface area contributed by atoms with Gasteiger partial charge in [-0.1, -0.05) is 48.5 Å². The van der Waals surface area contributed by atoms with Gasteiger partial charge < -0.3 is 5.32 Å². The molecule has 0 saturated heterocycles. The maximum Gasteiger partial charge on any atom is 0.220 e. The predicted octanol–water partition coefficient (Wildman–Crippen LogP) is 3.64. The highest BCUT2D eigenvalue weighted by Crippen LogP contribution is 2.25. The summed E-state index contributed by atoms with van der Waals surface area (Å²) < 4.78 is 0. The molecule has 1 aliphatic carbocycles. The predicted molar refractivity (Wildman–Crippen MR) is 71.8 cm³/mol. The van der Waals surface area contributed by atoms with E-state index >= 15 is 0 Å². The van der Waals surface area contributed by atoms with E-state index in [4.69, 9.17) is 0 Å². The molecule has 0 bridgehead atoms. The topological polar surface area (TPSA) is 29.1 Å². The standard InChI is InChI=1S/C13H24BrNO/c1-2-12(10-14)15-13(16)9-11-7-5-3-4-6-8-11/h11-12H,2-10H2,1H3,(H,15,16). The van der Waals surface area contributed by atoms with Gasteiger partial charge in [-0.2, -0.15) is 0 Å². The monoisotopic (exact) mass is 289 g/mol. The largest absolute Gasteiger partial charge is 0.353 e. The van der Waals surface area contributed by atoms with Crippen LogP contribution in [0.2, 0.25) is 0 Å². The molecule has 1 atom stereocenters. The average molecular weight is 290 g/mol. The molecular weight excluding hydrogens is 266 g/mol. The van der Waals surface area contributed by atoms with Crippen molar-refractivity contribution < 1.29 is 4.79 Å². The molecule has 1 unspecified atom stereocenters. The zero-order chi connectivity index (χ0) is 11.8. The molecule has 0 aromatic heterocycles. The Morgan fingerprint density at radius 3 is 2.44 bits per heavy atom. The molecule has 1 rings (SSSR count). The molecule has 1 saturated carbocycles. The molecule has 2 nitrogen and oxygen atoms in total. The van der Waals surface area contributed by atoms with Crippen LogP contribution in [0.25, 0.3) is 0 Å².